The molecule has 0 saturated heterocycles. The fraction of sp³-hybridized carbons (Fsp3) is 0.600. The third kappa shape index (κ3) is 3.01. The molecule has 0 bridgehead atoms. The van der Waals surface area contributed by atoms with Crippen molar-refractivity contribution in [3.63, 3.8) is 0 Å². The van der Waals surface area contributed by atoms with E-state index in [1.165, 1.54) is 37.1 Å². The molecule has 0 aromatic heterocycles. The molecule has 2 rings (SSSR count). The van der Waals surface area contributed by atoms with Crippen molar-refractivity contribution in [2.24, 2.45) is 11.7 Å². The van der Waals surface area contributed by atoms with Crippen LogP contribution in [0.25, 0.3) is 0 Å². The van der Waals surface area contributed by atoms with Crippen LogP contribution in [0.4, 0.5) is 5.69 Å². The summed E-state index contributed by atoms with van der Waals surface area (Å²) in [6.07, 6.45) is 3.82. The van der Waals surface area contributed by atoms with Gasteiger partial charge in [0, 0.05) is 24.8 Å². The zero-order chi connectivity index (χ0) is 12.3. The first kappa shape index (κ1) is 12.4. The quantitative estimate of drug-likeness (QED) is 0.868. The number of hydrogen-bond acceptors (Lipinski definition) is 2. The van der Waals surface area contributed by atoms with Crippen LogP contribution in [0.2, 0.25) is 0 Å². The van der Waals surface area contributed by atoms with Crippen LogP contribution in [0, 0.1) is 5.92 Å². The number of fused-ring (bicyclic) bond motifs is 1. The minimum atomic E-state index is 0.269. The van der Waals surface area contributed by atoms with Gasteiger partial charge in [-0.15, -0.1) is 0 Å². The van der Waals surface area contributed by atoms with E-state index in [0.29, 0.717) is 5.92 Å². The highest BCUT2D eigenvalue weighted by Gasteiger charge is 2.18. The molecular weight excluding hydrogens is 208 g/mol. The summed E-state index contributed by atoms with van der Waals surface area (Å²) in [5.74, 6) is 0.543. The topological polar surface area (TPSA) is 29.3 Å². The third-order valence-electron chi connectivity index (χ3n) is 3.86. The van der Waals surface area contributed by atoms with E-state index in [-0.39, 0.29) is 6.04 Å². The van der Waals surface area contributed by atoms with Crippen molar-refractivity contribution >= 4 is 5.69 Å². The molecule has 1 aliphatic heterocycles. The van der Waals surface area contributed by atoms with Crippen molar-refractivity contribution < 1.29 is 0 Å². The largest absolute Gasteiger partial charge is 0.371 e. The minimum absolute atomic E-state index is 0.269. The number of hydrogen-bond donors (Lipinski definition) is 1. The summed E-state index contributed by atoms with van der Waals surface area (Å²) < 4.78 is 0. The predicted octanol–water partition coefficient (Wildman–Crippen LogP) is 2.81. The van der Waals surface area contributed by atoms with Crippen LogP contribution in [-0.2, 0) is 6.42 Å². The number of rotatable bonds is 3. The van der Waals surface area contributed by atoms with E-state index in [2.05, 4.69) is 43.0 Å². The van der Waals surface area contributed by atoms with Crippen LogP contribution < -0.4 is 10.6 Å². The Balaban J connectivity index is 2.17. The van der Waals surface area contributed by atoms with Gasteiger partial charge in [0.2, 0.25) is 0 Å². The Hall–Kier alpha value is -1.02. The smallest absolute Gasteiger partial charge is 0.0398 e. The van der Waals surface area contributed by atoms with E-state index in [0.717, 1.165) is 6.54 Å². The van der Waals surface area contributed by atoms with Gasteiger partial charge in [0.05, 0.1) is 0 Å². The van der Waals surface area contributed by atoms with Gasteiger partial charge in [-0.2, -0.15) is 0 Å². The van der Waals surface area contributed by atoms with Crippen molar-refractivity contribution in [3.8, 4) is 0 Å². The normalized spacial score (nSPS) is 19.4. The lowest BCUT2D eigenvalue weighted by atomic mass is 10.0. The van der Waals surface area contributed by atoms with E-state index in [4.69, 9.17) is 5.73 Å². The Morgan fingerprint density at radius 2 is 2.00 bits per heavy atom. The fourth-order valence-corrected chi connectivity index (χ4v) is 2.47. The first-order valence-electron chi connectivity index (χ1n) is 6.77. The SMILES string of the molecule is CC(N)C(C)CN1CCCCc2ccccc21. The summed E-state index contributed by atoms with van der Waals surface area (Å²) >= 11 is 0. The van der Waals surface area contributed by atoms with Crippen LogP contribution in [0.15, 0.2) is 24.3 Å². The van der Waals surface area contributed by atoms with Gasteiger partial charge in [0.15, 0.2) is 0 Å². The third-order valence-corrected chi connectivity index (χ3v) is 3.86. The van der Waals surface area contributed by atoms with Crippen LogP contribution in [-0.4, -0.2) is 19.1 Å². The van der Waals surface area contributed by atoms with E-state index in [1.807, 2.05) is 0 Å². The molecule has 1 aliphatic rings. The van der Waals surface area contributed by atoms with Gasteiger partial charge in [0.1, 0.15) is 0 Å². The van der Waals surface area contributed by atoms with Crippen molar-refractivity contribution in [2.75, 3.05) is 18.0 Å². The maximum absolute atomic E-state index is 5.99. The Labute approximate surface area is 105 Å². The Kier molecular flexibility index (Phi) is 4.06. The Morgan fingerprint density at radius 3 is 2.76 bits per heavy atom. The molecule has 2 atom stereocenters. The first-order valence-corrected chi connectivity index (χ1v) is 6.77. The van der Waals surface area contributed by atoms with Crippen LogP contribution in [0.1, 0.15) is 32.3 Å². The van der Waals surface area contributed by atoms with Gasteiger partial charge in [-0.3, -0.25) is 0 Å². The molecule has 2 nitrogen and oxygen atoms in total. The number of nitrogens with zero attached hydrogens (tertiary/aromatic N) is 1. The van der Waals surface area contributed by atoms with E-state index < -0.39 is 0 Å². The summed E-state index contributed by atoms with van der Waals surface area (Å²) in [6.45, 7) is 6.61. The van der Waals surface area contributed by atoms with Crippen molar-refractivity contribution in [3.05, 3.63) is 29.8 Å². The molecule has 2 heteroatoms. The monoisotopic (exact) mass is 232 g/mol. The van der Waals surface area contributed by atoms with Gasteiger partial charge in [-0.1, -0.05) is 25.1 Å². The van der Waals surface area contributed by atoms with Gasteiger partial charge in [-0.05, 0) is 43.7 Å². The zero-order valence-electron chi connectivity index (χ0n) is 11.0. The summed E-state index contributed by atoms with van der Waals surface area (Å²) in [5.41, 5.74) is 8.92. The first-order chi connectivity index (χ1) is 8.18. The highest BCUT2D eigenvalue weighted by Crippen LogP contribution is 2.26. The predicted molar refractivity (Wildman–Crippen MR) is 74.4 cm³/mol. The molecule has 17 heavy (non-hydrogen) atoms. The highest BCUT2D eigenvalue weighted by atomic mass is 15.1. The molecule has 0 spiro atoms. The molecular formula is C15H24N2. The second kappa shape index (κ2) is 5.54. The molecule has 94 valence electrons. The number of benzene rings is 1. The second-order valence-corrected chi connectivity index (χ2v) is 5.37. The molecule has 2 N–H and O–H groups in total. The maximum Gasteiger partial charge on any atom is 0.0398 e. The molecule has 2 unspecified atom stereocenters. The molecule has 1 aromatic carbocycles. The average molecular weight is 232 g/mol. The molecule has 0 saturated carbocycles. The molecule has 1 heterocycles. The molecule has 0 aliphatic carbocycles. The van der Waals surface area contributed by atoms with Crippen molar-refractivity contribution in [2.45, 2.75) is 39.2 Å². The summed E-state index contributed by atoms with van der Waals surface area (Å²) in [5, 5.41) is 0. The number of para-hydroxylation sites is 1. The minimum Gasteiger partial charge on any atom is -0.371 e. The van der Waals surface area contributed by atoms with Crippen LogP contribution >= 0.6 is 0 Å². The Bertz CT molecular complexity index is 360. The number of anilines is 1. The molecule has 0 fully saturated rings. The van der Waals surface area contributed by atoms with E-state index >= 15 is 0 Å². The summed E-state index contributed by atoms with van der Waals surface area (Å²) in [6, 6.07) is 9.09. The van der Waals surface area contributed by atoms with Gasteiger partial charge in [0.25, 0.3) is 0 Å². The van der Waals surface area contributed by atoms with Gasteiger partial charge >= 0.3 is 0 Å². The zero-order valence-corrected chi connectivity index (χ0v) is 11.0. The summed E-state index contributed by atoms with van der Waals surface area (Å²) in [7, 11) is 0. The van der Waals surface area contributed by atoms with Gasteiger partial charge < -0.3 is 10.6 Å². The van der Waals surface area contributed by atoms with Gasteiger partial charge in [-0.25, -0.2) is 0 Å². The van der Waals surface area contributed by atoms with Crippen molar-refractivity contribution in [1.29, 1.82) is 0 Å². The standard InChI is InChI=1S/C15H24N2/c1-12(13(2)16)11-17-10-6-5-8-14-7-3-4-9-15(14)17/h3-4,7,9,12-13H,5-6,8,10-11,16H2,1-2H3. The fourth-order valence-electron chi connectivity index (χ4n) is 2.47. The Morgan fingerprint density at radius 1 is 1.24 bits per heavy atom. The number of aryl methyl sites for hydroxylation is 1. The molecule has 0 amide bonds. The lowest BCUT2D eigenvalue weighted by Crippen LogP contribution is -2.36. The molecule has 1 aromatic rings. The van der Waals surface area contributed by atoms with Crippen molar-refractivity contribution in [1.82, 2.24) is 0 Å². The van der Waals surface area contributed by atoms with Crippen LogP contribution in [0.5, 0.6) is 0 Å². The van der Waals surface area contributed by atoms with E-state index in [1.54, 1.807) is 0 Å². The van der Waals surface area contributed by atoms with E-state index in [9.17, 15) is 0 Å². The lowest BCUT2D eigenvalue weighted by molar-refractivity contribution is 0.474. The highest BCUT2D eigenvalue weighted by molar-refractivity contribution is 5.54. The lowest BCUT2D eigenvalue weighted by Gasteiger charge is -2.29. The maximum atomic E-state index is 5.99. The number of nitrogens with two attached hydrogens (primary N) is 1. The second-order valence-electron chi connectivity index (χ2n) is 5.37. The van der Waals surface area contributed by atoms with Crippen LogP contribution in [0.3, 0.4) is 0 Å². The molecule has 0 radical (unpaired) electrons. The average Bonchev–Trinajstić information content (AvgIpc) is 2.52. The summed E-state index contributed by atoms with van der Waals surface area (Å²) in [4.78, 5) is 2.52.